The molecule has 116 valence electrons. The molecule has 0 aliphatic carbocycles. The molecule has 0 N–H and O–H groups in total. The van der Waals surface area contributed by atoms with Gasteiger partial charge in [0.15, 0.2) is 0 Å². The highest BCUT2D eigenvalue weighted by Crippen LogP contribution is 2.18. The van der Waals surface area contributed by atoms with E-state index in [0.29, 0.717) is 6.61 Å². The van der Waals surface area contributed by atoms with Gasteiger partial charge in [-0.05, 0) is 56.5 Å². The lowest BCUT2D eigenvalue weighted by Gasteiger charge is -2.15. The van der Waals surface area contributed by atoms with Gasteiger partial charge < -0.3 is 14.4 Å². The number of benzene rings is 1. The van der Waals surface area contributed by atoms with Gasteiger partial charge in [-0.2, -0.15) is 0 Å². The monoisotopic (exact) mass is 291 g/mol. The zero-order valence-electron chi connectivity index (χ0n) is 13.2. The van der Waals surface area contributed by atoms with Gasteiger partial charge in [0.1, 0.15) is 5.75 Å². The van der Waals surface area contributed by atoms with Crippen LogP contribution in [0.25, 0.3) is 0 Å². The molecule has 0 aromatic heterocycles. The molecule has 0 radical (unpaired) electrons. The predicted octanol–water partition coefficient (Wildman–Crippen LogP) is 2.57. The van der Waals surface area contributed by atoms with Crippen LogP contribution in [0.2, 0.25) is 0 Å². The molecule has 1 unspecified atom stereocenters. The van der Waals surface area contributed by atoms with Gasteiger partial charge in [0.05, 0.1) is 19.6 Å². The molecule has 0 saturated carbocycles. The number of rotatable bonds is 6. The van der Waals surface area contributed by atoms with Crippen molar-refractivity contribution in [2.24, 2.45) is 5.92 Å². The van der Waals surface area contributed by atoms with Gasteiger partial charge in [-0.1, -0.05) is 6.07 Å². The first-order valence-electron chi connectivity index (χ1n) is 7.60. The summed E-state index contributed by atoms with van der Waals surface area (Å²) in [6.07, 6.45) is 1.88. The Morgan fingerprint density at radius 3 is 2.67 bits per heavy atom. The molecule has 21 heavy (non-hydrogen) atoms. The molecule has 1 saturated heterocycles. The summed E-state index contributed by atoms with van der Waals surface area (Å²) in [5, 5.41) is 0. The molecule has 0 spiro atoms. The fourth-order valence-electron chi connectivity index (χ4n) is 2.89. The standard InChI is InChI=1S/C17H25NO3/c1-13-9-14(2)11-16(10-13)21-8-4-6-18-7-5-15(12-18)17(19)20-3/h9-11,15H,4-8,12H2,1-3H3. The Morgan fingerprint density at radius 1 is 1.29 bits per heavy atom. The van der Waals surface area contributed by atoms with E-state index in [0.717, 1.165) is 38.2 Å². The quantitative estimate of drug-likeness (QED) is 0.596. The van der Waals surface area contributed by atoms with Crippen LogP contribution >= 0.6 is 0 Å². The summed E-state index contributed by atoms with van der Waals surface area (Å²) in [5.74, 6) is 0.917. The summed E-state index contributed by atoms with van der Waals surface area (Å²) in [7, 11) is 1.46. The van der Waals surface area contributed by atoms with Crippen LogP contribution in [0.5, 0.6) is 5.75 Å². The molecule has 1 fully saturated rings. The number of carbonyl (C=O) groups is 1. The van der Waals surface area contributed by atoms with Crippen molar-refractivity contribution in [1.82, 2.24) is 4.90 Å². The second-order valence-electron chi connectivity index (χ2n) is 5.83. The van der Waals surface area contributed by atoms with Gasteiger partial charge in [0.25, 0.3) is 0 Å². The average Bonchev–Trinajstić information content (AvgIpc) is 2.90. The van der Waals surface area contributed by atoms with Crippen molar-refractivity contribution in [3.8, 4) is 5.75 Å². The summed E-state index contributed by atoms with van der Waals surface area (Å²) in [6, 6.07) is 6.27. The van der Waals surface area contributed by atoms with Crippen LogP contribution in [0.3, 0.4) is 0 Å². The number of methoxy groups -OCH3 is 1. The smallest absolute Gasteiger partial charge is 0.310 e. The minimum atomic E-state index is -0.0796. The molecule has 1 aromatic carbocycles. The lowest BCUT2D eigenvalue weighted by Crippen LogP contribution is -2.25. The largest absolute Gasteiger partial charge is 0.494 e. The summed E-state index contributed by atoms with van der Waals surface area (Å²) in [6.45, 7) is 7.63. The van der Waals surface area contributed by atoms with Crippen molar-refractivity contribution in [2.45, 2.75) is 26.7 Å². The third-order valence-electron chi connectivity index (χ3n) is 3.89. The SMILES string of the molecule is COC(=O)C1CCN(CCCOc2cc(C)cc(C)c2)C1. The maximum atomic E-state index is 11.5. The molecule has 1 aliphatic heterocycles. The van der Waals surface area contributed by atoms with Crippen molar-refractivity contribution >= 4 is 5.97 Å². The Morgan fingerprint density at radius 2 is 2.00 bits per heavy atom. The maximum absolute atomic E-state index is 11.5. The van der Waals surface area contributed by atoms with E-state index in [1.54, 1.807) is 0 Å². The third kappa shape index (κ3) is 4.74. The van der Waals surface area contributed by atoms with Gasteiger partial charge in [0.2, 0.25) is 0 Å². The lowest BCUT2D eigenvalue weighted by atomic mass is 10.1. The van der Waals surface area contributed by atoms with E-state index >= 15 is 0 Å². The van der Waals surface area contributed by atoms with Gasteiger partial charge >= 0.3 is 5.97 Å². The summed E-state index contributed by atoms with van der Waals surface area (Å²) < 4.78 is 10.6. The first-order valence-corrected chi connectivity index (χ1v) is 7.60. The number of ether oxygens (including phenoxy) is 2. The second-order valence-corrected chi connectivity index (χ2v) is 5.83. The van der Waals surface area contributed by atoms with Gasteiger partial charge in [0, 0.05) is 13.1 Å². The van der Waals surface area contributed by atoms with E-state index in [1.807, 2.05) is 0 Å². The number of esters is 1. The first kappa shape index (κ1) is 15.8. The Hall–Kier alpha value is -1.55. The zero-order valence-corrected chi connectivity index (χ0v) is 13.2. The van der Waals surface area contributed by atoms with Crippen LogP contribution in [0, 0.1) is 19.8 Å². The molecule has 4 nitrogen and oxygen atoms in total. The Balaban J connectivity index is 1.67. The van der Waals surface area contributed by atoms with E-state index in [1.165, 1.54) is 18.2 Å². The minimum Gasteiger partial charge on any atom is -0.494 e. The van der Waals surface area contributed by atoms with Crippen LogP contribution in [-0.2, 0) is 9.53 Å². The van der Waals surface area contributed by atoms with Crippen molar-refractivity contribution in [1.29, 1.82) is 0 Å². The molecule has 4 heteroatoms. The molecule has 0 amide bonds. The normalized spacial score (nSPS) is 18.7. The van der Waals surface area contributed by atoms with Gasteiger partial charge in [-0.15, -0.1) is 0 Å². The number of hydrogen-bond donors (Lipinski definition) is 0. The van der Waals surface area contributed by atoms with E-state index < -0.39 is 0 Å². The summed E-state index contributed by atoms with van der Waals surface area (Å²) in [4.78, 5) is 13.8. The molecular weight excluding hydrogens is 266 g/mol. The Kier molecular flexibility index (Phi) is 5.62. The molecule has 0 bridgehead atoms. The highest BCUT2D eigenvalue weighted by atomic mass is 16.5. The predicted molar refractivity (Wildman–Crippen MR) is 82.6 cm³/mol. The second kappa shape index (κ2) is 7.46. The van der Waals surface area contributed by atoms with Crippen molar-refractivity contribution < 1.29 is 14.3 Å². The third-order valence-corrected chi connectivity index (χ3v) is 3.89. The topological polar surface area (TPSA) is 38.8 Å². The number of carbonyl (C=O) groups excluding carboxylic acids is 1. The average molecular weight is 291 g/mol. The molecule has 1 heterocycles. The fraction of sp³-hybridized carbons (Fsp3) is 0.588. The molecule has 1 atom stereocenters. The molecule has 2 rings (SSSR count). The zero-order chi connectivity index (χ0) is 15.2. The Labute approximate surface area is 127 Å². The Bertz CT molecular complexity index is 467. The minimum absolute atomic E-state index is 0.0512. The highest BCUT2D eigenvalue weighted by molar-refractivity contribution is 5.72. The number of aryl methyl sites for hydroxylation is 2. The highest BCUT2D eigenvalue weighted by Gasteiger charge is 2.28. The van der Waals surface area contributed by atoms with E-state index in [2.05, 4.69) is 36.9 Å². The van der Waals surface area contributed by atoms with E-state index in [9.17, 15) is 4.79 Å². The van der Waals surface area contributed by atoms with Crippen LogP contribution < -0.4 is 4.74 Å². The van der Waals surface area contributed by atoms with E-state index in [-0.39, 0.29) is 11.9 Å². The first-order chi connectivity index (χ1) is 10.1. The van der Waals surface area contributed by atoms with Gasteiger partial charge in [-0.25, -0.2) is 0 Å². The fourth-order valence-corrected chi connectivity index (χ4v) is 2.89. The van der Waals surface area contributed by atoms with Gasteiger partial charge in [-0.3, -0.25) is 4.79 Å². The van der Waals surface area contributed by atoms with Crippen LogP contribution in [0.15, 0.2) is 18.2 Å². The molecule has 1 aromatic rings. The summed E-state index contributed by atoms with van der Waals surface area (Å²) in [5.41, 5.74) is 2.45. The van der Waals surface area contributed by atoms with Crippen LogP contribution in [-0.4, -0.2) is 44.2 Å². The number of nitrogens with zero attached hydrogens (tertiary/aromatic N) is 1. The number of likely N-dealkylation sites (tertiary alicyclic amines) is 1. The summed E-state index contributed by atoms with van der Waals surface area (Å²) >= 11 is 0. The van der Waals surface area contributed by atoms with Crippen molar-refractivity contribution in [3.63, 3.8) is 0 Å². The van der Waals surface area contributed by atoms with Crippen molar-refractivity contribution in [2.75, 3.05) is 33.4 Å². The maximum Gasteiger partial charge on any atom is 0.310 e. The van der Waals surface area contributed by atoms with Crippen LogP contribution in [0.1, 0.15) is 24.0 Å². The van der Waals surface area contributed by atoms with E-state index in [4.69, 9.17) is 9.47 Å². The lowest BCUT2D eigenvalue weighted by molar-refractivity contribution is -0.144. The van der Waals surface area contributed by atoms with Crippen molar-refractivity contribution in [3.05, 3.63) is 29.3 Å². The number of hydrogen-bond acceptors (Lipinski definition) is 4. The molecular formula is C17H25NO3. The molecule has 1 aliphatic rings. The van der Waals surface area contributed by atoms with Crippen LogP contribution in [0.4, 0.5) is 0 Å².